The van der Waals surface area contributed by atoms with Gasteiger partial charge in [-0.05, 0) is 36.4 Å². The highest BCUT2D eigenvalue weighted by Gasteiger charge is 2.24. The highest BCUT2D eigenvalue weighted by Crippen LogP contribution is 2.22. The summed E-state index contributed by atoms with van der Waals surface area (Å²) in [7, 11) is -4.05. The molecule has 0 fully saturated rings. The van der Waals surface area contributed by atoms with E-state index in [1.165, 1.54) is 24.3 Å². The predicted molar refractivity (Wildman–Crippen MR) is 81.8 cm³/mol. The first-order valence-electron chi connectivity index (χ1n) is 6.61. The van der Waals surface area contributed by atoms with Gasteiger partial charge in [-0.2, -0.15) is 4.72 Å². The molecule has 122 valence electrons. The van der Waals surface area contributed by atoms with Crippen LogP contribution in [0, 0.1) is 0 Å². The number of ether oxygens (including phenoxy) is 1. The van der Waals surface area contributed by atoms with Gasteiger partial charge in [0.15, 0.2) is 0 Å². The summed E-state index contributed by atoms with van der Waals surface area (Å²) >= 11 is 0. The number of hydrogen-bond acceptors (Lipinski definition) is 5. The van der Waals surface area contributed by atoms with Crippen molar-refractivity contribution in [3.8, 4) is 11.5 Å². The minimum atomic E-state index is -4.05. The van der Waals surface area contributed by atoms with Crippen LogP contribution in [0.4, 0.5) is 0 Å². The molecule has 0 aliphatic rings. The third-order valence-electron chi connectivity index (χ3n) is 2.89. The fraction of sp³-hybridized carbons (Fsp3) is 0.133. The lowest BCUT2D eigenvalue weighted by molar-refractivity contribution is -0.139. The molecule has 0 bridgehead atoms. The van der Waals surface area contributed by atoms with Gasteiger partial charge >= 0.3 is 5.97 Å². The van der Waals surface area contributed by atoms with Gasteiger partial charge in [-0.25, -0.2) is 8.42 Å². The fourth-order valence-corrected chi connectivity index (χ4v) is 2.91. The van der Waals surface area contributed by atoms with E-state index in [0.717, 1.165) is 0 Å². The lowest BCUT2D eigenvalue weighted by Crippen LogP contribution is -2.43. The third kappa shape index (κ3) is 4.52. The molecule has 3 N–H and O–H groups in total. The molecule has 2 aromatic rings. The Hall–Kier alpha value is -2.42. The molecule has 0 aliphatic heterocycles. The molecule has 0 aromatic heterocycles. The molecular weight excluding hydrogens is 322 g/mol. The summed E-state index contributed by atoms with van der Waals surface area (Å²) in [5, 5.41) is 17.7. The predicted octanol–water partition coefficient (Wildman–Crippen LogP) is 1.20. The first-order chi connectivity index (χ1) is 10.9. The highest BCUT2D eigenvalue weighted by atomic mass is 32.2. The van der Waals surface area contributed by atoms with Crippen LogP contribution in [0.3, 0.4) is 0 Å². The molecule has 1 atom stereocenters. The molecule has 2 aromatic carbocycles. The second-order valence-electron chi connectivity index (χ2n) is 4.58. The van der Waals surface area contributed by atoms with E-state index >= 15 is 0 Å². The van der Waals surface area contributed by atoms with Crippen molar-refractivity contribution in [2.75, 3.05) is 6.61 Å². The smallest absolute Gasteiger partial charge is 0.324 e. The molecule has 7 nitrogen and oxygen atoms in total. The maximum Gasteiger partial charge on any atom is 0.324 e. The van der Waals surface area contributed by atoms with Crippen LogP contribution >= 0.6 is 0 Å². The number of carbonyl (C=O) groups is 1. The summed E-state index contributed by atoms with van der Waals surface area (Å²) in [6.07, 6.45) is 0. The maximum absolute atomic E-state index is 12.0. The minimum Gasteiger partial charge on any atom is -0.480 e. The molecule has 0 saturated carbocycles. The summed E-state index contributed by atoms with van der Waals surface area (Å²) in [5.41, 5.74) is 0. The summed E-state index contributed by atoms with van der Waals surface area (Å²) in [4.78, 5) is 10.7. The number of nitrogens with one attached hydrogen (secondary N) is 1. The summed E-state index contributed by atoms with van der Waals surface area (Å²) in [6, 6.07) is 12.8. The topological polar surface area (TPSA) is 113 Å². The maximum atomic E-state index is 12.0. The molecule has 0 saturated heterocycles. The fourth-order valence-electron chi connectivity index (χ4n) is 1.73. The van der Waals surface area contributed by atoms with Gasteiger partial charge in [0.05, 0.1) is 11.5 Å². The molecule has 23 heavy (non-hydrogen) atoms. The lowest BCUT2D eigenvalue weighted by atomic mass is 10.3. The van der Waals surface area contributed by atoms with Crippen LogP contribution in [0.25, 0.3) is 0 Å². The number of para-hydroxylation sites is 1. The van der Waals surface area contributed by atoms with Crippen LogP contribution in [-0.4, -0.2) is 37.2 Å². The Balaban J connectivity index is 2.13. The van der Waals surface area contributed by atoms with Crippen LogP contribution < -0.4 is 9.46 Å². The van der Waals surface area contributed by atoms with E-state index in [-0.39, 0.29) is 4.90 Å². The van der Waals surface area contributed by atoms with Crippen LogP contribution in [-0.2, 0) is 14.8 Å². The van der Waals surface area contributed by atoms with Crippen molar-refractivity contribution in [1.82, 2.24) is 4.72 Å². The standard InChI is InChI=1S/C15H15NO6S/c17-10-14(15(18)19)16-23(20,21)13-8-6-12(7-9-13)22-11-4-2-1-3-5-11/h1-9,14,16-17H,10H2,(H,18,19)/t14-/m0/s1. The molecule has 2 rings (SSSR count). The molecule has 0 amide bonds. The van der Waals surface area contributed by atoms with Gasteiger partial charge in [-0.3, -0.25) is 4.79 Å². The van der Waals surface area contributed by atoms with Crippen LogP contribution in [0.1, 0.15) is 0 Å². The number of aliphatic hydroxyl groups excluding tert-OH is 1. The third-order valence-corrected chi connectivity index (χ3v) is 4.38. The van der Waals surface area contributed by atoms with Crippen molar-refractivity contribution in [3.63, 3.8) is 0 Å². The molecule has 0 aliphatic carbocycles. The number of carboxylic acids is 1. The Labute approximate surface area is 133 Å². The van der Waals surface area contributed by atoms with Crippen molar-refractivity contribution in [3.05, 3.63) is 54.6 Å². The lowest BCUT2D eigenvalue weighted by Gasteiger charge is -2.12. The largest absolute Gasteiger partial charge is 0.480 e. The molecule has 8 heteroatoms. The van der Waals surface area contributed by atoms with Gasteiger partial charge in [0.1, 0.15) is 17.5 Å². The SMILES string of the molecule is O=C(O)[C@H](CO)NS(=O)(=O)c1ccc(Oc2ccccc2)cc1. The average molecular weight is 337 g/mol. The normalized spacial score (nSPS) is 12.6. The number of carboxylic acid groups (broad SMARTS) is 1. The van der Waals surface area contributed by atoms with E-state index < -0.39 is 28.6 Å². The van der Waals surface area contributed by atoms with E-state index in [0.29, 0.717) is 11.5 Å². The Morgan fingerprint density at radius 1 is 1.04 bits per heavy atom. The van der Waals surface area contributed by atoms with Crippen molar-refractivity contribution < 1.29 is 28.2 Å². The van der Waals surface area contributed by atoms with E-state index in [4.69, 9.17) is 14.9 Å². The molecule has 0 unspecified atom stereocenters. The van der Waals surface area contributed by atoms with Gasteiger partial charge in [-0.1, -0.05) is 18.2 Å². The highest BCUT2D eigenvalue weighted by molar-refractivity contribution is 7.89. The zero-order chi connectivity index (χ0) is 16.9. The zero-order valence-electron chi connectivity index (χ0n) is 11.9. The Morgan fingerprint density at radius 3 is 2.13 bits per heavy atom. The first kappa shape index (κ1) is 16.9. The monoisotopic (exact) mass is 337 g/mol. The Morgan fingerprint density at radius 2 is 1.61 bits per heavy atom. The van der Waals surface area contributed by atoms with Crippen LogP contribution in [0.15, 0.2) is 59.5 Å². The Bertz CT molecular complexity index is 758. The number of benzene rings is 2. The quantitative estimate of drug-likeness (QED) is 0.700. The van der Waals surface area contributed by atoms with Gasteiger partial charge in [0, 0.05) is 0 Å². The number of sulfonamides is 1. The van der Waals surface area contributed by atoms with Crippen LogP contribution in [0.5, 0.6) is 11.5 Å². The summed E-state index contributed by atoms with van der Waals surface area (Å²) in [6.45, 7) is -0.843. The van der Waals surface area contributed by atoms with Crippen LogP contribution in [0.2, 0.25) is 0 Å². The Kier molecular flexibility index (Phi) is 5.32. The van der Waals surface area contributed by atoms with Crippen molar-refractivity contribution in [2.45, 2.75) is 10.9 Å². The van der Waals surface area contributed by atoms with Gasteiger partial charge in [0.25, 0.3) is 0 Å². The molecular formula is C15H15NO6S. The van der Waals surface area contributed by atoms with E-state index in [1.54, 1.807) is 24.3 Å². The second-order valence-corrected chi connectivity index (χ2v) is 6.30. The number of rotatable bonds is 7. The second kappa shape index (κ2) is 7.23. The molecule has 0 spiro atoms. The average Bonchev–Trinajstić information content (AvgIpc) is 2.54. The van der Waals surface area contributed by atoms with Gasteiger partial charge < -0.3 is 14.9 Å². The van der Waals surface area contributed by atoms with Crippen molar-refractivity contribution in [2.24, 2.45) is 0 Å². The summed E-state index contributed by atoms with van der Waals surface area (Å²) in [5.74, 6) is -0.417. The summed E-state index contributed by atoms with van der Waals surface area (Å²) < 4.78 is 31.5. The molecule has 0 radical (unpaired) electrons. The number of hydrogen-bond donors (Lipinski definition) is 3. The minimum absolute atomic E-state index is 0.127. The van der Waals surface area contributed by atoms with E-state index in [2.05, 4.69) is 0 Å². The van der Waals surface area contributed by atoms with Gasteiger partial charge in [-0.15, -0.1) is 0 Å². The number of aliphatic hydroxyl groups is 1. The molecule has 0 heterocycles. The number of aliphatic carboxylic acids is 1. The first-order valence-corrected chi connectivity index (χ1v) is 8.09. The van der Waals surface area contributed by atoms with Crippen molar-refractivity contribution >= 4 is 16.0 Å². The van der Waals surface area contributed by atoms with E-state index in [9.17, 15) is 13.2 Å². The van der Waals surface area contributed by atoms with Gasteiger partial charge in [0.2, 0.25) is 10.0 Å². The van der Waals surface area contributed by atoms with Crippen molar-refractivity contribution in [1.29, 1.82) is 0 Å². The van der Waals surface area contributed by atoms with E-state index in [1.807, 2.05) is 10.8 Å². The zero-order valence-corrected chi connectivity index (χ0v) is 12.7.